The van der Waals surface area contributed by atoms with E-state index in [9.17, 15) is 23.5 Å². The highest BCUT2D eigenvalue weighted by molar-refractivity contribution is 14.1. The summed E-state index contributed by atoms with van der Waals surface area (Å²) < 4.78 is 29.4. The fraction of sp³-hybridized carbons (Fsp3) is 0.261. The third-order valence-electron chi connectivity index (χ3n) is 4.84. The lowest BCUT2D eigenvalue weighted by atomic mass is 10.0. The van der Waals surface area contributed by atoms with E-state index in [-0.39, 0.29) is 25.1 Å². The largest absolute Gasteiger partial charge is 0.390 e. The number of rotatable bonds is 10. The monoisotopic (exact) mass is 568 g/mol. The summed E-state index contributed by atoms with van der Waals surface area (Å²) >= 11 is 2.21. The number of nitrogens with one attached hydrogen (secondary N) is 2. The van der Waals surface area contributed by atoms with Gasteiger partial charge in [-0.3, -0.25) is 9.59 Å². The Labute approximate surface area is 203 Å². The second-order valence-electron chi connectivity index (χ2n) is 7.50. The number of carbonyl (C=O) groups excluding carboxylic acids is 1. The molecule has 1 heterocycles. The average Bonchev–Trinajstić information content (AvgIpc) is 2.74. The first-order valence-electron chi connectivity index (χ1n) is 10.2. The number of halogens is 3. The Balaban J connectivity index is 1.68. The zero-order valence-electron chi connectivity index (χ0n) is 17.5. The molecule has 10 heteroatoms. The van der Waals surface area contributed by atoms with Gasteiger partial charge in [0.05, 0.1) is 12.1 Å². The van der Waals surface area contributed by atoms with E-state index in [0.717, 1.165) is 32.0 Å². The lowest BCUT2D eigenvalue weighted by Crippen LogP contribution is -2.50. The van der Waals surface area contributed by atoms with Crippen molar-refractivity contribution in [3.8, 4) is 0 Å². The number of aromatic nitrogens is 2. The molecule has 0 saturated carbocycles. The van der Waals surface area contributed by atoms with Crippen molar-refractivity contribution in [2.75, 3.05) is 6.54 Å². The summed E-state index contributed by atoms with van der Waals surface area (Å²) in [5, 5.41) is 20.4. The minimum absolute atomic E-state index is 0.0103. The molecule has 0 radical (unpaired) electrons. The first kappa shape index (κ1) is 24.9. The molecule has 0 unspecified atom stereocenters. The number of carbonyl (C=O) groups is 1. The van der Waals surface area contributed by atoms with E-state index >= 15 is 0 Å². The van der Waals surface area contributed by atoms with Crippen LogP contribution in [0.5, 0.6) is 0 Å². The van der Waals surface area contributed by atoms with Crippen LogP contribution in [0.2, 0.25) is 0 Å². The molecule has 0 bridgehead atoms. The number of nitrogens with zero attached hydrogens (tertiary/aromatic N) is 2. The van der Waals surface area contributed by atoms with Gasteiger partial charge in [0.15, 0.2) is 0 Å². The average molecular weight is 568 g/mol. The van der Waals surface area contributed by atoms with Crippen molar-refractivity contribution in [3.63, 3.8) is 0 Å². The van der Waals surface area contributed by atoms with Crippen molar-refractivity contribution in [1.82, 2.24) is 20.4 Å². The van der Waals surface area contributed by atoms with Gasteiger partial charge in [0.2, 0.25) is 5.91 Å². The van der Waals surface area contributed by atoms with E-state index < -0.39 is 35.2 Å². The molecule has 0 spiro atoms. The van der Waals surface area contributed by atoms with Crippen LogP contribution in [0.3, 0.4) is 0 Å². The van der Waals surface area contributed by atoms with E-state index in [1.807, 2.05) is 24.3 Å². The number of amides is 1. The molecule has 3 rings (SSSR count). The van der Waals surface area contributed by atoms with Gasteiger partial charge >= 0.3 is 0 Å². The lowest BCUT2D eigenvalue weighted by molar-refractivity contribution is -0.123. The molecule has 33 heavy (non-hydrogen) atoms. The Bertz CT molecular complexity index is 1140. The maximum Gasteiger partial charge on any atom is 0.267 e. The predicted molar refractivity (Wildman–Crippen MR) is 127 cm³/mol. The van der Waals surface area contributed by atoms with Crippen LogP contribution in [0, 0.1) is 15.2 Å². The zero-order valence-corrected chi connectivity index (χ0v) is 19.7. The van der Waals surface area contributed by atoms with Crippen molar-refractivity contribution < 1.29 is 18.7 Å². The minimum Gasteiger partial charge on any atom is -0.390 e. The fourth-order valence-corrected chi connectivity index (χ4v) is 3.92. The van der Waals surface area contributed by atoms with Gasteiger partial charge in [-0.2, -0.15) is 5.10 Å². The molecule has 0 aliphatic carbocycles. The van der Waals surface area contributed by atoms with Gasteiger partial charge in [0, 0.05) is 35.0 Å². The summed E-state index contributed by atoms with van der Waals surface area (Å²) in [6.07, 6.45) is 0.304. The third-order valence-corrected chi connectivity index (χ3v) is 5.51. The van der Waals surface area contributed by atoms with E-state index in [4.69, 9.17) is 0 Å². The Morgan fingerprint density at radius 1 is 1.09 bits per heavy atom. The van der Waals surface area contributed by atoms with Crippen LogP contribution in [-0.4, -0.2) is 39.5 Å². The number of aliphatic hydroxyl groups is 1. The van der Waals surface area contributed by atoms with Crippen LogP contribution < -0.4 is 16.2 Å². The van der Waals surface area contributed by atoms with Crippen molar-refractivity contribution in [3.05, 3.63) is 97.5 Å². The van der Waals surface area contributed by atoms with Crippen molar-refractivity contribution in [2.24, 2.45) is 0 Å². The van der Waals surface area contributed by atoms with Crippen LogP contribution in [-0.2, 0) is 24.3 Å². The molecule has 1 amide bonds. The molecule has 0 aliphatic heterocycles. The SMILES string of the molecule is O=C(Cn1ncccc1=O)N[C@@H](Cc1cc(F)cc(F)c1)[C@@H](O)CNCc1cccc(I)c1. The van der Waals surface area contributed by atoms with Crippen molar-refractivity contribution in [2.45, 2.75) is 31.7 Å². The summed E-state index contributed by atoms with van der Waals surface area (Å²) in [7, 11) is 0. The molecule has 2 atom stereocenters. The normalized spacial score (nSPS) is 12.8. The van der Waals surface area contributed by atoms with Gasteiger partial charge < -0.3 is 15.7 Å². The van der Waals surface area contributed by atoms with Gasteiger partial charge in [0.25, 0.3) is 5.56 Å². The predicted octanol–water partition coefficient (Wildman–Crippen LogP) is 2.00. The molecular formula is C23H23F2IN4O3. The van der Waals surface area contributed by atoms with Crippen LogP contribution in [0.25, 0.3) is 0 Å². The molecule has 0 saturated heterocycles. The molecule has 174 valence electrons. The highest BCUT2D eigenvalue weighted by atomic mass is 127. The zero-order chi connectivity index (χ0) is 23.8. The number of hydrogen-bond acceptors (Lipinski definition) is 5. The third kappa shape index (κ3) is 7.98. The van der Waals surface area contributed by atoms with E-state index in [2.05, 4.69) is 38.3 Å². The van der Waals surface area contributed by atoms with E-state index in [0.29, 0.717) is 6.54 Å². The minimum atomic E-state index is -1.07. The van der Waals surface area contributed by atoms with Crippen LogP contribution in [0.15, 0.2) is 65.6 Å². The standard InChI is InChI=1S/C23H23F2IN4O3/c24-17-7-16(8-18(25)11-17)10-20(29-22(32)14-30-23(33)5-2-6-28-30)21(31)13-27-12-15-3-1-4-19(26)9-15/h1-9,11,20-21,27,31H,10,12-14H2,(H,29,32)/t20-,21-/m0/s1. The Hall–Kier alpha value is -2.70. The first-order chi connectivity index (χ1) is 15.8. The van der Waals surface area contributed by atoms with Crippen LogP contribution >= 0.6 is 22.6 Å². The molecule has 3 aromatic rings. The number of benzene rings is 2. The van der Waals surface area contributed by atoms with Gasteiger partial charge in [-0.05, 0) is 70.5 Å². The van der Waals surface area contributed by atoms with Crippen molar-refractivity contribution >= 4 is 28.5 Å². The highest BCUT2D eigenvalue weighted by Crippen LogP contribution is 2.12. The highest BCUT2D eigenvalue weighted by Gasteiger charge is 2.23. The summed E-state index contributed by atoms with van der Waals surface area (Å²) in [6.45, 7) is 0.264. The Morgan fingerprint density at radius 2 is 1.85 bits per heavy atom. The summed E-state index contributed by atoms with van der Waals surface area (Å²) in [5.41, 5.74) is 0.858. The quantitative estimate of drug-likeness (QED) is 0.326. The molecule has 0 aliphatic rings. The smallest absolute Gasteiger partial charge is 0.267 e. The number of hydrogen-bond donors (Lipinski definition) is 3. The second kappa shape index (κ2) is 12.0. The van der Waals surface area contributed by atoms with Crippen molar-refractivity contribution in [1.29, 1.82) is 0 Å². The molecule has 3 N–H and O–H groups in total. The lowest BCUT2D eigenvalue weighted by Gasteiger charge is -2.25. The van der Waals surface area contributed by atoms with Crippen LogP contribution in [0.1, 0.15) is 11.1 Å². The summed E-state index contributed by atoms with van der Waals surface area (Å²) in [4.78, 5) is 24.4. The first-order valence-corrected chi connectivity index (χ1v) is 11.3. The van der Waals surface area contributed by atoms with E-state index in [1.165, 1.54) is 18.3 Å². The second-order valence-corrected chi connectivity index (χ2v) is 8.75. The van der Waals surface area contributed by atoms with Gasteiger partial charge in [-0.15, -0.1) is 0 Å². The molecule has 0 fully saturated rings. The molecular weight excluding hydrogens is 545 g/mol. The van der Waals surface area contributed by atoms with Gasteiger partial charge in [-0.25, -0.2) is 13.5 Å². The number of aliphatic hydroxyl groups excluding tert-OH is 1. The Kier molecular flexibility index (Phi) is 9.03. The van der Waals surface area contributed by atoms with E-state index in [1.54, 1.807) is 0 Å². The fourth-order valence-electron chi connectivity index (χ4n) is 3.31. The Morgan fingerprint density at radius 3 is 2.55 bits per heavy atom. The molecule has 7 nitrogen and oxygen atoms in total. The maximum absolute atomic E-state index is 13.6. The topological polar surface area (TPSA) is 96.2 Å². The van der Waals surface area contributed by atoms with Gasteiger partial charge in [0.1, 0.15) is 18.2 Å². The van der Waals surface area contributed by atoms with Crippen LogP contribution in [0.4, 0.5) is 8.78 Å². The maximum atomic E-state index is 13.6. The van der Waals surface area contributed by atoms with Gasteiger partial charge in [-0.1, -0.05) is 12.1 Å². The molecule has 1 aromatic heterocycles. The summed E-state index contributed by atoms with van der Waals surface area (Å²) in [5.74, 6) is -2.06. The molecule has 2 aromatic carbocycles. The summed E-state index contributed by atoms with van der Waals surface area (Å²) in [6, 6.07) is 12.8.